The summed E-state index contributed by atoms with van der Waals surface area (Å²) in [5, 5.41) is 0. The van der Waals surface area contributed by atoms with Crippen molar-refractivity contribution < 1.29 is 0 Å². The normalized spacial score (nSPS) is 41.7. The summed E-state index contributed by atoms with van der Waals surface area (Å²) in [7, 11) is 2.21. The molecule has 1 fully saturated rings. The van der Waals surface area contributed by atoms with Gasteiger partial charge in [-0.15, -0.1) is 0 Å². The van der Waals surface area contributed by atoms with Crippen molar-refractivity contribution in [2.45, 2.75) is 6.42 Å². The maximum absolute atomic E-state index is 5.75. The number of rotatable bonds is 1. The molecule has 0 aromatic heterocycles. The Balaban J connectivity index is 2.10. The van der Waals surface area contributed by atoms with Gasteiger partial charge in [0, 0.05) is 13.1 Å². The predicted octanol–water partition coefficient (Wildman–Crippen LogP) is 0.699. The fraction of sp³-hybridized carbons (Fsp3) is 0.800. The third-order valence-electron chi connectivity index (χ3n) is 3.33. The molecule has 1 aliphatic heterocycles. The second-order valence-corrected chi connectivity index (χ2v) is 4.21. The smallest absolute Gasteiger partial charge is 0.00447 e. The van der Waals surface area contributed by atoms with E-state index in [-0.39, 0.29) is 0 Å². The molecule has 2 rings (SSSR count). The second-order valence-electron chi connectivity index (χ2n) is 4.21. The molecule has 2 N–H and O–H groups in total. The van der Waals surface area contributed by atoms with Crippen molar-refractivity contribution in [1.82, 2.24) is 4.90 Å². The molecule has 2 nitrogen and oxygen atoms in total. The zero-order chi connectivity index (χ0) is 8.55. The first-order valence-electron chi connectivity index (χ1n) is 4.86. The summed E-state index contributed by atoms with van der Waals surface area (Å²) in [4.78, 5) is 2.42. The lowest BCUT2D eigenvalue weighted by molar-refractivity contribution is 0.295. The Morgan fingerprint density at radius 1 is 1.50 bits per heavy atom. The van der Waals surface area contributed by atoms with Crippen molar-refractivity contribution in [2.24, 2.45) is 23.5 Å². The SMILES string of the molecule is CN1CC2C=CCC(CN)C2C1. The number of hydrogen-bond donors (Lipinski definition) is 1. The minimum absolute atomic E-state index is 0.741. The van der Waals surface area contributed by atoms with Crippen LogP contribution in [0.5, 0.6) is 0 Å². The zero-order valence-corrected chi connectivity index (χ0v) is 7.74. The topological polar surface area (TPSA) is 29.3 Å². The maximum Gasteiger partial charge on any atom is 0.00447 e. The quantitative estimate of drug-likeness (QED) is 0.581. The number of likely N-dealkylation sites (tertiary alicyclic amines) is 1. The molecule has 1 saturated heterocycles. The lowest BCUT2D eigenvalue weighted by atomic mass is 9.78. The van der Waals surface area contributed by atoms with Gasteiger partial charge in [-0.1, -0.05) is 12.2 Å². The van der Waals surface area contributed by atoms with Crippen molar-refractivity contribution in [3.8, 4) is 0 Å². The monoisotopic (exact) mass is 166 g/mol. The molecule has 1 aliphatic carbocycles. The summed E-state index contributed by atoms with van der Waals surface area (Å²) in [6, 6.07) is 0. The Labute approximate surface area is 74.4 Å². The molecule has 0 radical (unpaired) electrons. The summed E-state index contributed by atoms with van der Waals surface area (Å²) in [5.74, 6) is 2.37. The highest BCUT2D eigenvalue weighted by molar-refractivity contribution is 5.05. The standard InChI is InChI=1S/C10H18N2/c1-12-6-9-4-2-3-8(5-11)10(9)7-12/h2,4,8-10H,3,5-7,11H2,1H3. The van der Waals surface area contributed by atoms with E-state index >= 15 is 0 Å². The number of nitrogens with two attached hydrogens (primary N) is 1. The van der Waals surface area contributed by atoms with Crippen LogP contribution in [0.3, 0.4) is 0 Å². The molecule has 0 aromatic rings. The van der Waals surface area contributed by atoms with Crippen LogP contribution in [0.1, 0.15) is 6.42 Å². The first-order chi connectivity index (χ1) is 5.81. The summed E-state index contributed by atoms with van der Waals surface area (Å²) >= 11 is 0. The molecule has 1 heterocycles. The minimum atomic E-state index is 0.741. The van der Waals surface area contributed by atoms with Crippen LogP contribution in [0.25, 0.3) is 0 Å². The lowest BCUT2D eigenvalue weighted by Gasteiger charge is -2.27. The Kier molecular flexibility index (Phi) is 2.20. The number of nitrogens with zero attached hydrogens (tertiary/aromatic N) is 1. The molecule has 68 valence electrons. The van der Waals surface area contributed by atoms with Gasteiger partial charge in [0.25, 0.3) is 0 Å². The van der Waals surface area contributed by atoms with E-state index in [2.05, 4.69) is 24.1 Å². The minimum Gasteiger partial charge on any atom is -0.330 e. The Hall–Kier alpha value is -0.340. The lowest BCUT2D eigenvalue weighted by Crippen LogP contribution is -2.30. The maximum atomic E-state index is 5.75. The third kappa shape index (κ3) is 1.29. The summed E-state index contributed by atoms with van der Waals surface area (Å²) < 4.78 is 0. The van der Waals surface area contributed by atoms with E-state index in [4.69, 9.17) is 5.73 Å². The second kappa shape index (κ2) is 3.19. The van der Waals surface area contributed by atoms with Crippen LogP contribution in [0.2, 0.25) is 0 Å². The average molecular weight is 166 g/mol. The van der Waals surface area contributed by atoms with Crippen LogP contribution < -0.4 is 5.73 Å². The average Bonchev–Trinajstić information content (AvgIpc) is 2.44. The van der Waals surface area contributed by atoms with Crippen molar-refractivity contribution in [3.05, 3.63) is 12.2 Å². The van der Waals surface area contributed by atoms with Gasteiger partial charge in [0.05, 0.1) is 0 Å². The fourth-order valence-electron chi connectivity index (χ4n) is 2.64. The van der Waals surface area contributed by atoms with E-state index < -0.39 is 0 Å². The van der Waals surface area contributed by atoms with Gasteiger partial charge in [-0.2, -0.15) is 0 Å². The van der Waals surface area contributed by atoms with E-state index in [1.54, 1.807) is 0 Å². The van der Waals surface area contributed by atoms with Gasteiger partial charge in [-0.25, -0.2) is 0 Å². The molecular weight excluding hydrogens is 148 g/mol. The molecule has 3 unspecified atom stereocenters. The molecule has 0 spiro atoms. The van der Waals surface area contributed by atoms with Gasteiger partial charge in [0.15, 0.2) is 0 Å². The van der Waals surface area contributed by atoms with E-state index in [0.717, 1.165) is 24.3 Å². The van der Waals surface area contributed by atoms with Gasteiger partial charge >= 0.3 is 0 Å². The molecule has 0 amide bonds. The molecule has 3 atom stereocenters. The van der Waals surface area contributed by atoms with E-state index in [1.165, 1.54) is 19.5 Å². The van der Waals surface area contributed by atoms with Gasteiger partial charge in [0.2, 0.25) is 0 Å². The first kappa shape index (κ1) is 8.27. The summed E-state index contributed by atoms with van der Waals surface area (Å²) in [6.07, 6.45) is 5.91. The van der Waals surface area contributed by atoms with Gasteiger partial charge in [-0.05, 0) is 37.8 Å². The number of hydrogen-bond acceptors (Lipinski definition) is 2. The first-order valence-corrected chi connectivity index (χ1v) is 4.86. The largest absolute Gasteiger partial charge is 0.330 e. The molecule has 2 heteroatoms. The van der Waals surface area contributed by atoms with Crippen LogP contribution in [-0.4, -0.2) is 31.6 Å². The van der Waals surface area contributed by atoms with Crippen LogP contribution >= 0.6 is 0 Å². The molecule has 0 bridgehead atoms. The number of fused-ring (bicyclic) bond motifs is 1. The Morgan fingerprint density at radius 2 is 2.33 bits per heavy atom. The highest BCUT2D eigenvalue weighted by Crippen LogP contribution is 2.34. The van der Waals surface area contributed by atoms with E-state index in [9.17, 15) is 0 Å². The van der Waals surface area contributed by atoms with E-state index in [0.29, 0.717) is 0 Å². The molecule has 2 aliphatic rings. The van der Waals surface area contributed by atoms with Crippen LogP contribution in [-0.2, 0) is 0 Å². The predicted molar refractivity (Wildman–Crippen MR) is 50.8 cm³/mol. The molecule has 0 saturated carbocycles. The van der Waals surface area contributed by atoms with Crippen molar-refractivity contribution >= 4 is 0 Å². The highest BCUT2D eigenvalue weighted by atomic mass is 15.1. The Morgan fingerprint density at radius 3 is 3.08 bits per heavy atom. The van der Waals surface area contributed by atoms with Crippen molar-refractivity contribution in [1.29, 1.82) is 0 Å². The molecule has 12 heavy (non-hydrogen) atoms. The third-order valence-corrected chi connectivity index (χ3v) is 3.33. The van der Waals surface area contributed by atoms with Gasteiger partial charge in [0.1, 0.15) is 0 Å². The van der Waals surface area contributed by atoms with Crippen molar-refractivity contribution in [2.75, 3.05) is 26.7 Å². The Bertz CT molecular complexity index is 188. The molecular formula is C10H18N2. The van der Waals surface area contributed by atoms with Crippen molar-refractivity contribution in [3.63, 3.8) is 0 Å². The van der Waals surface area contributed by atoms with Crippen LogP contribution in [0, 0.1) is 17.8 Å². The highest BCUT2D eigenvalue weighted by Gasteiger charge is 2.35. The van der Waals surface area contributed by atoms with Crippen LogP contribution in [0.4, 0.5) is 0 Å². The van der Waals surface area contributed by atoms with Gasteiger partial charge in [-0.3, -0.25) is 0 Å². The summed E-state index contributed by atoms with van der Waals surface area (Å²) in [5.41, 5.74) is 5.75. The van der Waals surface area contributed by atoms with Gasteiger partial charge < -0.3 is 10.6 Å². The van der Waals surface area contributed by atoms with Crippen LogP contribution in [0.15, 0.2) is 12.2 Å². The number of allylic oxidation sites excluding steroid dienone is 1. The zero-order valence-electron chi connectivity index (χ0n) is 7.74. The summed E-state index contributed by atoms with van der Waals surface area (Å²) in [6.45, 7) is 3.34. The fourth-order valence-corrected chi connectivity index (χ4v) is 2.64. The van der Waals surface area contributed by atoms with E-state index in [1.807, 2.05) is 0 Å². The molecule has 0 aromatic carbocycles.